The van der Waals surface area contributed by atoms with Crippen LogP contribution in [0.4, 0.5) is 0 Å². The molecule has 0 aliphatic heterocycles. The largest absolute Gasteiger partial charge is 0.324 e. The molecule has 2 rings (SSSR count). The zero-order valence-electron chi connectivity index (χ0n) is 10.2. The van der Waals surface area contributed by atoms with Gasteiger partial charge >= 0.3 is 0 Å². The van der Waals surface area contributed by atoms with Gasteiger partial charge in [0, 0.05) is 15.0 Å². The Morgan fingerprint density at radius 2 is 1.72 bits per heavy atom. The summed E-state index contributed by atoms with van der Waals surface area (Å²) in [6.07, 6.45) is 0.843. The molecule has 0 amide bonds. The van der Waals surface area contributed by atoms with E-state index in [1.807, 2.05) is 12.1 Å². The molecule has 1 unspecified atom stereocenters. The van der Waals surface area contributed by atoms with Crippen molar-refractivity contribution in [2.45, 2.75) is 19.4 Å². The Morgan fingerprint density at radius 3 is 2.39 bits per heavy atom. The highest BCUT2D eigenvalue weighted by atomic mass is 79.9. The van der Waals surface area contributed by atoms with Gasteiger partial charge in [-0.05, 0) is 42.7 Å². The standard InChI is InChI=1S/C15H15Br2N/c1-10-2-4-11(5-3-10)8-15(18)13-9-12(16)6-7-14(13)17/h2-7,9,15H,8,18H2,1H3. The predicted octanol–water partition coefficient (Wildman–Crippen LogP) is 4.76. The Hall–Kier alpha value is -0.640. The fraction of sp³-hybridized carbons (Fsp3) is 0.200. The smallest absolute Gasteiger partial charge is 0.0347 e. The zero-order chi connectivity index (χ0) is 13.1. The first kappa shape index (κ1) is 13.8. The number of halogens is 2. The van der Waals surface area contributed by atoms with Crippen LogP contribution in [0.3, 0.4) is 0 Å². The molecule has 18 heavy (non-hydrogen) atoms. The van der Waals surface area contributed by atoms with E-state index in [0.717, 1.165) is 20.9 Å². The molecule has 0 fully saturated rings. The Bertz CT molecular complexity index is 535. The lowest BCUT2D eigenvalue weighted by atomic mass is 9.99. The minimum Gasteiger partial charge on any atom is -0.324 e. The summed E-state index contributed by atoms with van der Waals surface area (Å²) in [6.45, 7) is 2.09. The fourth-order valence-electron chi connectivity index (χ4n) is 1.89. The van der Waals surface area contributed by atoms with Gasteiger partial charge in [0.2, 0.25) is 0 Å². The third kappa shape index (κ3) is 3.44. The molecule has 0 aromatic heterocycles. The van der Waals surface area contributed by atoms with Crippen molar-refractivity contribution in [1.82, 2.24) is 0 Å². The molecule has 0 spiro atoms. The van der Waals surface area contributed by atoms with Crippen LogP contribution in [0.2, 0.25) is 0 Å². The Morgan fingerprint density at radius 1 is 1.06 bits per heavy atom. The molecule has 2 aromatic carbocycles. The SMILES string of the molecule is Cc1ccc(CC(N)c2cc(Br)ccc2Br)cc1. The van der Waals surface area contributed by atoms with Gasteiger partial charge in [-0.3, -0.25) is 0 Å². The van der Waals surface area contributed by atoms with E-state index in [9.17, 15) is 0 Å². The maximum absolute atomic E-state index is 6.28. The summed E-state index contributed by atoms with van der Waals surface area (Å²) in [6, 6.07) is 14.6. The fourth-order valence-corrected chi connectivity index (χ4v) is 2.81. The molecule has 0 bridgehead atoms. The number of nitrogens with two attached hydrogens (primary N) is 1. The zero-order valence-corrected chi connectivity index (χ0v) is 13.3. The van der Waals surface area contributed by atoms with Crippen LogP contribution in [0.15, 0.2) is 51.4 Å². The van der Waals surface area contributed by atoms with Gasteiger partial charge in [0.25, 0.3) is 0 Å². The lowest BCUT2D eigenvalue weighted by Gasteiger charge is -2.14. The number of benzene rings is 2. The van der Waals surface area contributed by atoms with Crippen molar-refractivity contribution >= 4 is 31.9 Å². The topological polar surface area (TPSA) is 26.0 Å². The van der Waals surface area contributed by atoms with Crippen molar-refractivity contribution < 1.29 is 0 Å². The number of rotatable bonds is 3. The lowest BCUT2D eigenvalue weighted by Crippen LogP contribution is -2.14. The molecule has 2 N–H and O–H groups in total. The van der Waals surface area contributed by atoms with Crippen molar-refractivity contribution in [3.8, 4) is 0 Å². The molecule has 0 aliphatic carbocycles. The van der Waals surface area contributed by atoms with Crippen LogP contribution >= 0.6 is 31.9 Å². The van der Waals surface area contributed by atoms with Gasteiger partial charge in [-0.15, -0.1) is 0 Å². The molecule has 0 saturated carbocycles. The average molecular weight is 369 g/mol. The highest BCUT2D eigenvalue weighted by Crippen LogP contribution is 2.27. The van der Waals surface area contributed by atoms with E-state index in [1.165, 1.54) is 11.1 Å². The van der Waals surface area contributed by atoms with Crippen molar-refractivity contribution in [3.05, 3.63) is 68.1 Å². The first-order valence-corrected chi connectivity index (χ1v) is 7.41. The molecule has 0 radical (unpaired) electrons. The molecule has 0 heterocycles. The van der Waals surface area contributed by atoms with E-state index in [4.69, 9.17) is 5.73 Å². The van der Waals surface area contributed by atoms with Gasteiger partial charge in [-0.25, -0.2) is 0 Å². The second-order valence-electron chi connectivity index (χ2n) is 4.46. The maximum atomic E-state index is 6.28. The summed E-state index contributed by atoms with van der Waals surface area (Å²) in [5.41, 5.74) is 9.95. The second-order valence-corrected chi connectivity index (χ2v) is 6.23. The quantitative estimate of drug-likeness (QED) is 0.830. The molecular weight excluding hydrogens is 354 g/mol. The van der Waals surface area contributed by atoms with Gasteiger partial charge in [-0.1, -0.05) is 61.7 Å². The van der Waals surface area contributed by atoms with Crippen molar-refractivity contribution in [3.63, 3.8) is 0 Å². The average Bonchev–Trinajstić information content (AvgIpc) is 2.35. The summed E-state index contributed by atoms with van der Waals surface area (Å²) in [7, 11) is 0. The van der Waals surface area contributed by atoms with E-state index in [0.29, 0.717) is 0 Å². The molecule has 0 aliphatic rings. The van der Waals surface area contributed by atoms with Gasteiger partial charge < -0.3 is 5.73 Å². The number of hydrogen-bond acceptors (Lipinski definition) is 1. The summed E-state index contributed by atoms with van der Waals surface area (Å²) in [4.78, 5) is 0. The van der Waals surface area contributed by atoms with Crippen LogP contribution in [0.25, 0.3) is 0 Å². The molecule has 2 aromatic rings. The second kappa shape index (κ2) is 6.00. The third-order valence-electron chi connectivity index (χ3n) is 2.93. The van der Waals surface area contributed by atoms with E-state index < -0.39 is 0 Å². The number of hydrogen-bond donors (Lipinski definition) is 1. The van der Waals surface area contributed by atoms with Crippen LogP contribution in [-0.2, 0) is 6.42 Å². The van der Waals surface area contributed by atoms with Crippen LogP contribution in [-0.4, -0.2) is 0 Å². The van der Waals surface area contributed by atoms with E-state index in [1.54, 1.807) is 0 Å². The van der Waals surface area contributed by atoms with Crippen LogP contribution < -0.4 is 5.73 Å². The monoisotopic (exact) mass is 367 g/mol. The normalized spacial score (nSPS) is 12.4. The summed E-state index contributed by atoms with van der Waals surface area (Å²) >= 11 is 7.04. The maximum Gasteiger partial charge on any atom is 0.0347 e. The van der Waals surface area contributed by atoms with E-state index in [-0.39, 0.29) is 6.04 Å². The van der Waals surface area contributed by atoms with Gasteiger partial charge in [0.15, 0.2) is 0 Å². The molecule has 1 nitrogen and oxygen atoms in total. The van der Waals surface area contributed by atoms with E-state index in [2.05, 4.69) is 69.1 Å². The molecule has 0 saturated heterocycles. The van der Waals surface area contributed by atoms with Gasteiger partial charge in [-0.2, -0.15) is 0 Å². The van der Waals surface area contributed by atoms with E-state index >= 15 is 0 Å². The first-order valence-electron chi connectivity index (χ1n) is 5.82. The Kier molecular flexibility index (Phi) is 4.60. The molecule has 3 heteroatoms. The molecule has 94 valence electrons. The van der Waals surface area contributed by atoms with Crippen LogP contribution in [0.1, 0.15) is 22.7 Å². The van der Waals surface area contributed by atoms with Gasteiger partial charge in [0.05, 0.1) is 0 Å². The highest BCUT2D eigenvalue weighted by molar-refractivity contribution is 9.11. The van der Waals surface area contributed by atoms with Crippen molar-refractivity contribution in [2.24, 2.45) is 5.73 Å². The Labute approximate surface area is 125 Å². The molecule has 1 atom stereocenters. The summed E-state index contributed by atoms with van der Waals surface area (Å²) in [5, 5.41) is 0. The lowest BCUT2D eigenvalue weighted by molar-refractivity contribution is 0.718. The van der Waals surface area contributed by atoms with Crippen molar-refractivity contribution in [1.29, 1.82) is 0 Å². The minimum absolute atomic E-state index is 0.000388. The third-order valence-corrected chi connectivity index (χ3v) is 4.15. The van der Waals surface area contributed by atoms with Crippen LogP contribution in [0, 0.1) is 6.92 Å². The number of aryl methyl sites for hydroxylation is 1. The van der Waals surface area contributed by atoms with Crippen LogP contribution in [0.5, 0.6) is 0 Å². The first-order chi connectivity index (χ1) is 8.56. The molecular formula is C15H15Br2N. The summed E-state index contributed by atoms with van der Waals surface area (Å²) in [5.74, 6) is 0. The predicted molar refractivity (Wildman–Crippen MR) is 83.7 cm³/mol. The van der Waals surface area contributed by atoms with Gasteiger partial charge in [0.1, 0.15) is 0 Å². The highest BCUT2D eigenvalue weighted by Gasteiger charge is 2.11. The minimum atomic E-state index is -0.000388. The Balaban J connectivity index is 2.18. The summed E-state index contributed by atoms with van der Waals surface area (Å²) < 4.78 is 2.12. The van der Waals surface area contributed by atoms with Crippen molar-refractivity contribution in [2.75, 3.05) is 0 Å².